The van der Waals surface area contributed by atoms with Crippen LogP contribution in [0.2, 0.25) is 0 Å². The maximum atomic E-state index is 12.4. The second kappa shape index (κ2) is 5.29. The average molecular weight is 297 g/mol. The lowest BCUT2D eigenvalue weighted by Gasteiger charge is -2.42. The number of carbonyl (C=O) groups is 1. The molecule has 7 nitrogen and oxygen atoms in total. The Morgan fingerprint density at radius 1 is 1.43 bits per heavy atom. The lowest BCUT2D eigenvalue weighted by Crippen LogP contribution is -2.64. The second-order valence-electron chi connectivity index (χ2n) is 6.93. The van der Waals surface area contributed by atoms with E-state index in [1.54, 1.807) is 6.92 Å². The SMILES string of the molecule is Cc1nnc(N2CC[N+](C)(C(=O)OC(C)(C)C)CC2C)o1. The number of amides is 1. The molecular weight excluding hydrogens is 272 g/mol. The summed E-state index contributed by atoms with van der Waals surface area (Å²) in [5, 5.41) is 7.92. The van der Waals surface area contributed by atoms with E-state index in [0.29, 0.717) is 31.5 Å². The number of aromatic nitrogens is 2. The third-order valence-corrected chi connectivity index (χ3v) is 3.63. The van der Waals surface area contributed by atoms with Gasteiger partial charge in [0.2, 0.25) is 5.89 Å². The van der Waals surface area contributed by atoms with Gasteiger partial charge in [-0.2, -0.15) is 4.79 Å². The van der Waals surface area contributed by atoms with E-state index in [1.165, 1.54) is 0 Å². The normalized spacial score (nSPS) is 26.8. The number of nitrogens with zero attached hydrogens (tertiary/aromatic N) is 4. The molecule has 1 amide bonds. The van der Waals surface area contributed by atoms with Crippen LogP contribution in [-0.4, -0.2) is 59.1 Å². The molecule has 2 rings (SSSR count). The highest BCUT2D eigenvalue weighted by atomic mass is 16.6. The van der Waals surface area contributed by atoms with Crippen LogP contribution in [0.5, 0.6) is 0 Å². The molecule has 1 saturated heterocycles. The Morgan fingerprint density at radius 3 is 2.57 bits per heavy atom. The predicted molar refractivity (Wildman–Crippen MR) is 78.0 cm³/mol. The average Bonchev–Trinajstić information content (AvgIpc) is 2.73. The molecule has 0 radical (unpaired) electrons. The van der Waals surface area contributed by atoms with Gasteiger partial charge in [-0.15, -0.1) is 5.10 Å². The number of rotatable bonds is 1. The predicted octanol–water partition coefficient (Wildman–Crippen LogP) is 1.97. The van der Waals surface area contributed by atoms with Crippen molar-refractivity contribution in [3.8, 4) is 0 Å². The molecule has 1 aliphatic rings. The molecular formula is C14H25N4O3+. The summed E-state index contributed by atoms with van der Waals surface area (Å²) in [5.74, 6) is 0.548. The molecule has 2 heterocycles. The van der Waals surface area contributed by atoms with Crippen LogP contribution in [0, 0.1) is 6.92 Å². The molecule has 0 spiro atoms. The first kappa shape index (κ1) is 15.8. The zero-order valence-electron chi connectivity index (χ0n) is 13.7. The van der Waals surface area contributed by atoms with Crippen LogP contribution in [0.15, 0.2) is 4.42 Å². The van der Waals surface area contributed by atoms with E-state index < -0.39 is 5.60 Å². The third kappa shape index (κ3) is 3.53. The lowest BCUT2D eigenvalue weighted by atomic mass is 10.1. The number of aryl methyl sites for hydroxylation is 1. The van der Waals surface area contributed by atoms with Gasteiger partial charge in [0.25, 0.3) is 0 Å². The Kier molecular flexibility index (Phi) is 3.97. The molecule has 0 bridgehead atoms. The third-order valence-electron chi connectivity index (χ3n) is 3.63. The van der Waals surface area contributed by atoms with Crippen LogP contribution >= 0.6 is 0 Å². The molecule has 2 unspecified atom stereocenters. The van der Waals surface area contributed by atoms with Crippen LogP contribution in [-0.2, 0) is 4.74 Å². The summed E-state index contributed by atoms with van der Waals surface area (Å²) >= 11 is 0. The monoisotopic (exact) mass is 297 g/mol. The van der Waals surface area contributed by atoms with E-state index in [0.717, 1.165) is 0 Å². The van der Waals surface area contributed by atoms with Crippen LogP contribution < -0.4 is 4.90 Å². The van der Waals surface area contributed by atoms with Crippen molar-refractivity contribution in [3.63, 3.8) is 0 Å². The van der Waals surface area contributed by atoms with E-state index in [4.69, 9.17) is 9.15 Å². The first-order chi connectivity index (χ1) is 9.61. The van der Waals surface area contributed by atoms with E-state index in [1.807, 2.05) is 32.7 Å². The summed E-state index contributed by atoms with van der Waals surface area (Å²) in [6.07, 6.45) is -0.185. The van der Waals surface area contributed by atoms with E-state index in [9.17, 15) is 4.79 Å². The first-order valence-corrected chi connectivity index (χ1v) is 7.25. The minimum atomic E-state index is -0.470. The van der Waals surface area contributed by atoms with Crippen molar-refractivity contribution in [2.75, 3.05) is 31.6 Å². The van der Waals surface area contributed by atoms with E-state index in [-0.39, 0.29) is 16.6 Å². The van der Waals surface area contributed by atoms with E-state index in [2.05, 4.69) is 17.1 Å². The van der Waals surface area contributed by atoms with Crippen molar-refractivity contribution in [1.29, 1.82) is 0 Å². The highest BCUT2D eigenvalue weighted by molar-refractivity contribution is 5.60. The molecule has 1 fully saturated rings. The number of quaternary nitrogens is 1. The number of likely N-dealkylation sites (N-methyl/N-ethyl adjacent to an activating group) is 1. The van der Waals surface area contributed by atoms with Crippen LogP contribution in [0.3, 0.4) is 0 Å². The Labute approximate surface area is 125 Å². The van der Waals surface area contributed by atoms with Crippen molar-refractivity contribution in [3.05, 3.63) is 5.89 Å². The minimum absolute atomic E-state index is 0.121. The Hall–Kier alpha value is -1.63. The van der Waals surface area contributed by atoms with Crippen LogP contribution in [0.4, 0.5) is 10.8 Å². The molecule has 0 aliphatic carbocycles. The molecule has 1 aliphatic heterocycles. The molecule has 2 atom stereocenters. The molecule has 21 heavy (non-hydrogen) atoms. The summed E-state index contributed by atoms with van der Waals surface area (Å²) in [4.78, 5) is 14.5. The number of ether oxygens (including phenoxy) is 1. The first-order valence-electron chi connectivity index (χ1n) is 7.25. The summed E-state index contributed by atoms with van der Waals surface area (Å²) in [5.41, 5.74) is -0.470. The van der Waals surface area contributed by atoms with Gasteiger partial charge in [0.05, 0.1) is 19.6 Å². The van der Waals surface area contributed by atoms with Crippen molar-refractivity contribution < 1.29 is 18.4 Å². The largest absolute Gasteiger partial charge is 0.516 e. The molecule has 118 valence electrons. The fourth-order valence-electron chi connectivity index (χ4n) is 2.55. The zero-order chi connectivity index (χ0) is 15.8. The lowest BCUT2D eigenvalue weighted by molar-refractivity contribution is -0.842. The zero-order valence-corrected chi connectivity index (χ0v) is 13.7. The van der Waals surface area contributed by atoms with Gasteiger partial charge in [-0.1, -0.05) is 5.10 Å². The number of piperazine rings is 1. The van der Waals surface area contributed by atoms with Crippen molar-refractivity contribution >= 4 is 12.1 Å². The topological polar surface area (TPSA) is 68.5 Å². The number of anilines is 1. The summed E-state index contributed by atoms with van der Waals surface area (Å²) in [6.45, 7) is 11.5. The standard InChI is InChI=1S/C14H25N4O3/c1-10-9-18(6,13(19)21-14(3,4)5)8-7-17(10)12-16-15-11(2)20-12/h10H,7-9H2,1-6H3/q+1. The highest BCUT2D eigenvalue weighted by Gasteiger charge is 2.43. The summed E-state index contributed by atoms with van der Waals surface area (Å²) in [7, 11) is 1.92. The van der Waals surface area contributed by atoms with Gasteiger partial charge in [0.15, 0.2) is 0 Å². The summed E-state index contributed by atoms with van der Waals surface area (Å²) in [6, 6.07) is 0.645. The van der Waals surface area contributed by atoms with Crippen LogP contribution in [0.25, 0.3) is 0 Å². The quantitative estimate of drug-likeness (QED) is 0.738. The molecule has 1 aromatic rings. The molecule has 7 heteroatoms. The Bertz CT molecular complexity index is 523. The molecule has 0 N–H and O–H groups in total. The molecule has 0 aromatic carbocycles. The van der Waals surface area contributed by atoms with Crippen molar-refractivity contribution in [2.45, 2.75) is 46.3 Å². The number of hydrogen-bond donors (Lipinski definition) is 0. The molecule has 1 aromatic heterocycles. The Morgan fingerprint density at radius 2 is 2.10 bits per heavy atom. The summed E-state index contributed by atoms with van der Waals surface area (Å²) < 4.78 is 11.3. The minimum Gasteiger partial charge on any atom is -0.414 e. The number of carbonyl (C=O) groups excluding carboxylic acids is 1. The fourth-order valence-corrected chi connectivity index (χ4v) is 2.55. The number of hydrogen-bond acceptors (Lipinski definition) is 6. The van der Waals surface area contributed by atoms with Crippen LogP contribution in [0.1, 0.15) is 33.6 Å². The van der Waals surface area contributed by atoms with Crippen molar-refractivity contribution in [2.24, 2.45) is 0 Å². The maximum absolute atomic E-state index is 12.4. The molecule has 0 saturated carbocycles. The van der Waals surface area contributed by atoms with Gasteiger partial charge >= 0.3 is 12.1 Å². The van der Waals surface area contributed by atoms with E-state index >= 15 is 0 Å². The van der Waals surface area contributed by atoms with Gasteiger partial charge < -0.3 is 14.1 Å². The van der Waals surface area contributed by atoms with Gasteiger partial charge in [-0.3, -0.25) is 0 Å². The van der Waals surface area contributed by atoms with Gasteiger partial charge in [-0.25, -0.2) is 4.48 Å². The maximum Gasteiger partial charge on any atom is 0.516 e. The smallest absolute Gasteiger partial charge is 0.414 e. The highest BCUT2D eigenvalue weighted by Crippen LogP contribution is 2.24. The second-order valence-corrected chi connectivity index (χ2v) is 6.93. The van der Waals surface area contributed by atoms with Gasteiger partial charge in [0.1, 0.15) is 18.7 Å². The Balaban J connectivity index is 2.07. The fraction of sp³-hybridized carbons (Fsp3) is 0.786. The van der Waals surface area contributed by atoms with Gasteiger partial charge in [-0.05, 0) is 27.7 Å². The van der Waals surface area contributed by atoms with Crippen molar-refractivity contribution in [1.82, 2.24) is 10.2 Å². The van der Waals surface area contributed by atoms with Gasteiger partial charge in [0, 0.05) is 6.92 Å².